The van der Waals surface area contributed by atoms with Crippen LogP contribution in [0.2, 0.25) is 0 Å². The van der Waals surface area contributed by atoms with Crippen LogP contribution in [0.5, 0.6) is 0 Å². The molecule has 0 aliphatic carbocycles. The van der Waals surface area contributed by atoms with Crippen LogP contribution >= 0.6 is 0 Å². The van der Waals surface area contributed by atoms with Gasteiger partial charge in [0.2, 0.25) is 0 Å². The molecule has 0 spiro atoms. The summed E-state index contributed by atoms with van der Waals surface area (Å²) in [7, 11) is 0. The lowest BCUT2D eigenvalue weighted by molar-refractivity contribution is 0.319. The van der Waals surface area contributed by atoms with Crippen LogP contribution in [0.25, 0.3) is 10.8 Å². The Morgan fingerprint density at radius 1 is 0.737 bits per heavy atom. The van der Waals surface area contributed by atoms with Gasteiger partial charge in [0, 0.05) is 11.1 Å². The Bertz CT molecular complexity index is 727. The molecule has 2 nitrogen and oxygen atoms in total. The number of fused-ring (bicyclic) bond motifs is 1. The van der Waals surface area contributed by atoms with Crippen molar-refractivity contribution in [1.82, 2.24) is 0 Å². The van der Waals surface area contributed by atoms with Crippen molar-refractivity contribution in [1.29, 1.82) is 0 Å². The maximum Gasteiger partial charge on any atom is 0.117 e. The summed E-state index contributed by atoms with van der Waals surface area (Å²) < 4.78 is 0. The fourth-order valence-electron chi connectivity index (χ4n) is 2.30. The van der Waals surface area contributed by atoms with Crippen LogP contribution in [0.1, 0.15) is 11.1 Å². The summed E-state index contributed by atoms with van der Waals surface area (Å²) >= 11 is 0. The van der Waals surface area contributed by atoms with Gasteiger partial charge in [-0.05, 0) is 10.8 Å². The van der Waals surface area contributed by atoms with E-state index in [4.69, 9.17) is 0 Å². The van der Waals surface area contributed by atoms with Gasteiger partial charge in [-0.2, -0.15) is 0 Å². The highest BCUT2D eigenvalue weighted by atomic mass is 16.4. The Morgan fingerprint density at radius 3 is 2.21 bits per heavy atom. The Kier molecular flexibility index (Phi) is 2.99. The lowest BCUT2D eigenvalue weighted by atomic mass is 9.97. The second-order valence-corrected chi connectivity index (χ2v) is 4.34. The Labute approximate surface area is 111 Å². The van der Waals surface area contributed by atoms with Crippen molar-refractivity contribution in [2.24, 2.45) is 5.16 Å². The zero-order chi connectivity index (χ0) is 13.1. The Hall–Kier alpha value is -2.61. The lowest BCUT2D eigenvalue weighted by Gasteiger charge is -2.08. The van der Waals surface area contributed by atoms with Crippen LogP contribution < -0.4 is 0 Å². The van der Waals surface area contributed by atoms with Crippen LogP contribution in [-0.4, -0.2) is 10.9 Å². The Morgan fingerprint density at radius 2 is 1.42 bits per heavy atom. The molecule has 0 amide bonds. The van der Waals surface area contributed by atoms with Gasteiger partial charge in [-0.1, -0.05) is 78.0 Å². The fourth-order valence-corrected chi connectivity index (χ4v) is 2.30. The van der Waals surface area contributed by atoms with Gasteiger partial charge in [-0.15, -0.1) is 0 Å². The van der Waals surface area contributed by atoms with Gasteiger partial charge >= 0.3 is 0 Å². The molecule has 0 saturated carbocycles. The van der Waals surface area contributed by atoms with Gasteiger partial charge in [0.05, 0.1) is 0 Å². The molecular weight excluding hydrogens is 234 g/mol. The van der Waals surface area contributed by atoms with Gasteiger partial charge in [0.1, 0.15) is 5.71 Å². The van der Waals surface area contributed by atoms with E-state index in [9.17, 15) is 5.21 Å². The molecule has 0 aliphatic heterocycles. The number of oxime groups is 1. The van der Waals surface area contributed by atoms with E-state index in [1.165, 1.54) is 0 Å². The van der Waals surface area contributed by atoms with Gasteiger partial charge in [0.15, 0.2) is 0 Å². The minimum absolute atomic E-state index is 0.595. The van der Waals surface area contributed by atoms with E-state index < -0.39 is 0 Å². The average molecular weight is 247 g/mol. The highest BCUT2D eigenvalue weighted by molar-refractivity contribution is 6.19. The molecule has 0 unspecified atom stereocenters. The van der Waals surface area contributed by atoms with Crippen LogP contribution in [-0.2, 0) is 0 Å². The first-order valence-corrected chi connectivity index (χ1v) is 6.16. The molecule has 0 aromatic heterocycles. The van der Waals surface area contributed by atoms with E-state index in [2.05, 4.69) is 17.3 Å². The van der Waals surface area contributed by atoms with Gasteiger partial charge in [0.25, 0.3) is 0 Å². The van der Waals surface area contributed by atoms with Crippen molar-refractivity contribution in [3.8, 4) is 0 Å². The molecule has 2 heteroatoms. The topological polar surface area (TPSA) is 32.6 Å². The van der Waals surface area contributed by atoms with Crippen LogP contribution in [0.4, 0.5) is 0 Å². The smallest absolute Gasteiger partial charge is 0.117 e. The monoisotopic (exact) mass is 247 g/mol. The molecular formula is C17H13NO. The molecule has 0 saturated heterocycles. The zero-order valence-electron chi connectivity index (χ0n) is 10.3. The SMILES string of the molecule is O/N=C(/c1ccccc1)c1cccc2ccccc12. The maximum atomic E-state index is 9.38. The summed E-state index contributed by atoms with van der Waals surface area (Å²) in [6, 6.07) is 23.8. The highest BCUT2D eigenvalue weighted by Gasteiger charge is 2.10. The van der Waals surface area contributed by atoms with Gasteiger partial charge in [-0.25, -0.2) is 0 Å². The summed E-state index contributed by atoms with van der Waals surface area (Å²) in [4.78, 5) is 0. The average Bonchev–Trinajstić information content (AvgIpc) is 2.49. The van der Waals surface area contributed by atoms with Crippen molar-refractivity contribution in [2.75, 3.05) is 0 Å². The standard InChI is InChI=1S/C17H13NO/c19-18-17(14-8-2-1-3-9-14)16-12-6-10-13-7-4-5-11-15(13)16/h1-12,19H/b18-17-. The third-order valence-corrected chi connectivity index (χ3v) is 3.19. The van der Waals surface area contributed by atoms with E-state index >= 15 is 0 Å². The van der Waals surface area contributed by atoms with E-state index in [0.29, 0.717) is 5.71 Å². The van der Waals surface area contributed by atoms with Crippen LogP contribution in [0.15, 0.2) is 78.0 Å². The lowest BCUT2D eigenvalue weighted by Crippen LogP contribution is -2.03. The number of nitrogens with zero attached hydrogens (tertiary/aromatic N) is 1. The first kappa shape index (κ1) is 11.5. The molecule has 92 valence electrons. The second kappa shape index (κ2) is 4.94. The van der Waals surface area contributed by atoms with Gasteiger partial charge < -0.3 is 5.21 Å². The van der Waals surface area contributed by atoms with E-state index in [0.717, 1.165) is 21.9 Å². The molecule has 0 heterocycles. The third kappa shape index (κ3) is 2.08. The second-order valence-electron chi connectivity index (χ2n) is 4.34. The summed E-state index contributed by atoms with van der Waals surface area (Å²) in [6.07, 6.45) is 0. The van der Waals surface area contributed by atoms with Crippen molar-refractivity contribution in [3.05, 3.63) is 83.9 Å². The molecule has 1 N–H and O–H groups in total. The summed E-state index contributed by atoms with van der Waals surface area (Å²) in [5.74, 6) is 0. The van der Waals surface area contributed by atoms with Crippen molar-refractivity contribution >= 4 is 16.5 Å². The number of hydrogen-bond acceptors (Lipinski definition) is 2. The molecule has 3 aromatic rings. The normalized spacial score (nSPS) is 11.7. The first-order valence-electron chi connectivity index (χ1n) is 6.16. The minimum Gasteiger partial charge on any atom is -0.410 e. The van der Waals surface area contributed by atoms with E-state index in [-0.39, 0.29) is 0 Å². The molecule has 19 heavy (non-hydrogen) atoms. The molecule has 0 bridgehead atoms. The zero-order valence-corrected chi connectivity index (χ0v) is 10.3. The summed E-state index contributed by atoms with van der Waals surface area (Å²) in [5, 5.41) is 15.1. The summed E-state index contributed by atoms with van der Waals surface area (Å²) in [5.41, 5.74) is 2.44. The molecule has 0 radical (unpaired) electrons. The molecule has 0 aliphatic rings. The largest absolute Gasteiger partial charge is 0.410 e. The maximum absolute atomic E-state index is 9.38. The molecule has 0 fully saturated rings. The number of benzene rings is 3. The molecule has 0 atom stereocenters. The number of hydrogen-bond donors (Lipinski definition) is 1. The first-order chi connectivity index (χ1) is 9.40. The minimum atomic E-state index is 0.595. The predicted molar refractivity (Wildman–Crippen MR) is 77.8 cm³/mol. The quantitative estimate of drug-likeness (QED) is 0.413. The molecule has 3 rings (SSSR count). The van der Waals surface area contributed by atoms with Crippen molar-refractivity contribution < 1.29 is 5.21 Å². The van der Waals surface area contributed by atoms with Crippen molar-refractivity contribution in [2.45, 2.75) is 0 Å². The highest BCUT2D eigenvalue weighted by Crippen LogP contribution is 2.21. The van der Waals surface area contributed by atoms with Gasteiger partial charge in [-0.3, -0.25) is 0 Å². The van der Waals surface area contributed by atoms with Crippen LogP contribution in [0.3, 0.4) is 0 Å². The van der Waals surface area contributed by atoms with E-state index in [1.807, 2.05) is 60.7 Å². The summed E-state index contributed by atoms with van der Waals surface area (Å²) in [6.45, 7) is 0. The number of rotatable bonds is 2. The third-order valence-electron chi connectivity index (χ3n) is 3.19. The fraction of sp³-hybridized carbons (Fsp3) is 0. The van der Waals surface area contributed by atoms with Crippen molar-refractivity contribution in [3.63, 3.8) is 0 Å². The van der Waals surface area contributed by atoms with E-state index in [1.54, 1.807) is 0 Å². The van der Waals surface area contributed by atoms with Crippen LogP contribution in [0, 0.1) is 0 Å². The molecule has 3 aromatic carbocycles. The Balaban J connectivity index is 2.24. The predicted octanol–water partition coefficient (Wildman–Crippen LogP) is 4.07.